The molecule has 7 atom stereocenters. The monoisotopic (exact) mass is 576 g/mol. The van der Waals surface area contributed by atoms with E-state index < -0.39 is 10.8 Å². The van der Waals surface area contributed by atoms with Gasteiger partial charge in [-0.25, -0.2) is 4.79 Å². The molecule has 5 aliphatic carbocycles. The third kappa shape index (κ3) is 4.34. The van der Waals surface area contributed by atoms with Crippen molar-refractivity contribution in [1.29, 1.82) is 5.26 Å². The van der Waals surface area contributed by atoms with E-state index in [1.165, 1.54) is 0 Å². The van der Waals surface area contributed by atoms with Crippen LogP contribution in [-0.2, 0) is 14.3 Å². The van der Waals surface area contributed by atoms with Crippen molar-refractivity contribution in [2.24, 2.45) is 50.2 Å². The normalized spacial score (nSPS) is 41.5. The predicted molar refractivity (Wildman–Crippen MR) is 163 cm³/mol. The number of ketones is 2. The van der Waals surface area contributed by atoms with Gasteiger partial charge in [0.15, 0.2) is 11.6 Å². The zero-order valence-electron chi connectivity index (χ0n) is 27.2. The molecule has 3 fully saturated rings. The van der Waals surface area contributed by atoms with Crippen LogP contribution in [0.1, 0.15) is 113 Å². The fraction of sp³-hybridized carbons (Fsp3) is 0.778. The number of nitrogens with zero attached hydrogens (tertiary/aromatic N) is 1. The summed E-state index contributed by atoms with van der Waals surface area (Å²) in [5, 5.41) is 12.7. The molecule has 1 N–H and O–H groups in total. The van der Waals surface area contributed by atoms with Crippen molar-refractivity contribution in [2.45, 2.75) is 113 Å². The molecule has 3 unspecified atom stereocenters. The topological polar surface area (TPSA) is 96.3 Å². The second kappa shape index (κ2) is 10.1. The number of amides is 1. The molecule has 6 heteroatoms. The molecular formula is C36H52N2O4. The van der Waals surface area contributed by atoms with Gasteiger partial charge in [0, 0.05) is 23.3 Å². The molecule has 3 saturated carbocycles. The summed E-state index contributed by atoms with van der Waals surface area (Å²) < 4.78 is 5.45. The van der Waals surface area contributed by atoms with E-state index in [1.54, 1.807) is 0 Å². The molecule has 0 aliphatic heterocycles. The van der Waals surface area contributed by atoms with Crippen molar-refractivity contribution < 1.29 is 19.1 Å². The van der Waals surface area contributed by atoms with Gasteiger partial charge in [0.05, 0.1) is 12.2 Å². The van der Waals surface area contributed by atoms with Gasteiger partial charge >= 0.3 is 6.09 Å². The van der Waals surface area contributed by atoms with Crippen LogP contribution >= 0.6 is 0 Å². The molecule has 0 radical (unpaired) electrons. The molecule has 0 spiro atoms. The van der Waals surface area contributed by atoms with Crippen LogP contribution in [0.3, 0.4) is 0 Å². The van der Waals surface area contributed by atoms with E-state index in [9.17, 15) is 19.6 Å². The highest BCUT2D eigenvalue weighted by Gasteiger charge is 2.69. The van der Waals surface area contributed by atoms with E-state index in [0.29, 0.717) is 13.2 Å². The first-order valence-corrected chi connectivity index (χ1v) is 16.4. The number of ether oxygens (including phenoxy) is 1. The summed E-state index contributed by atoms with van der Waals surface area (Å²) in [7, 11) is 0. The van der Waals surface area contributed by atoms with Crippen molar-refractivity contribution in [3.05, 3.63) is 23.3 Å². The molecule has 0 heterocycles. The smallest absolute Gasteiger partial charge is 0.407 e. The van der Waals surface area contributed by atoms with E-state index in [2.05, 4.69) is 46.0 Å². The maximum absolute atomic E-state index is 14.6. The Morgan fingerprint density at radius 1 is 1.05 bits per heavy atom. The molecule has 0 saturated heterocycles. The number of fused-ring (bicyclic) bond motifs is 7. The minimum absolute atomic E-state index is 0.0540. The number of nitriles is 1. The van der Waals surface area contributed by atoms with Gasteiger partial charge in [-0.3, -0.25) is 9.59 Å². The summed E-state index contributed by atoms with van der Waals surface area (Å²) in [6, 6.07) is 2.21. The molecule has 230 valence electrons. The Kier molecular flexibility index (Phi) is 7.43. The molecule has 42 heavy (non-hydrogen) atoms. The summed E-state index contributed by atoms with van der Waals surface area (Å²) in [4.78, 5) is 39.8. The number of carbonyl (C=O) groups is 3. The van der Waals surface area contributed by atoms with Crippen molar-refractivity contribution in [2.75, 3.05) is 13.2 Å². The minimum Gasteiger partial charge on any atom is -0.450 e. The number of hydrogen-bond acceptors (Lipinski definition) is 5. The van der Waals surface area contributed by atoms with Crippen LogP contribution < -0.4 is 5.32 Å². The maximum atomic E-state index is 14.6. The minimum atomic E-state index is -0.650. The SMILES string of the molecule is CCNC(=O)OCCC[C@]12CCC(C)(C)CC1C1C(=O)C=C3[C@@]4(C)C=C(C#N)C(=O)C(C)(C)C4CC[C@@]3(C)[C@]1(C)CC2. The lowest BCUT2D eigenvalue weighted by Crippen LogP contribution is -2.64. The van der Waals surface area contributed by atoms with Gasteiger partial charge in [-0.2, -0.15) is 5.26 Å². The molecule has 0 bridgehead atoms. The summed E-state index contributed by atoms with van der Waals surface area (Å²) in [5.41, 5.74) is 0.106. The summed E-state index contributed by atoms with van der Waals surface area (Å²) in [5.74, 6) is 0.473. The third-order valence-corrected chi connectivity index (χ3v) is 13.4. The second-order valence-corrected chi connectivity index (χ2v) is 16.4. The van der Waals surface area contributed by atoms with Crippen molar-refractivity contribution in [1.82, 2.24) is 5.32 Å². The molecule has 0 aromatic heterocycles. The van der Waals surface area contributed by atoms with Crippen LogP contribution in [0.2, 0.25) is 0 Å². The Hall–Kier alpha value is -2.42. The van der Waals surface area contributed by atoms with Crippen LogP contribution in [0.25, 0.3) is 0 Å². The van der Waals surface area contributed by atoms with Crippen LogP contribution in [-0.4, -0.2) is 30.8 Å². The Balaban J connectivity index is 1.54. The van der Waals surface area contributed by atoms with Gasteiger partial charge in [0.2, 0.25) is 0 Å². The van der Waals surface area contributed by atoms with E-state index in [0.717, 1.165) is 63.4 Å². The van der Waals surface area contributed by atoms with Gasteiger partial charge < -0.3 is 10.1 Å². The van der Waals surface area contributed by atoms with Crippen molar-refractivity contribution in [3.63, 3.8) is 0 Å². The Bertz CT molecular complexity index is 1290. The molecule has 5 aliphatic rings. The van der Waals surface area contributed by atoms with Gasteiger partial charge in [-0.05, 0) is 104 Å². The average Bonchev–Trinajstić information content (AvgIpc) is 2.90. The van der Waals surface area contributed by atoms with Crippen molar-refractivity contribution in [3.8, 4) is 6.07 Å². The highest BCUT2D eigenvalue weighted by atomic mass is 16.5. The second-order valence-electron chi connectivity index (χ2n) is 16.4. The van der Waals surface area contributed by atoms with E-state index in [-0.39, 0.29) is 62.6 Å². The summed E-state index contributed by atoms with van der Waals surface area (Å²) >= 11 is 0. The molecule has 1 amide bonds. The first-order valence-electron chi connectivity index (χ1n) is 16.4. The highest BCUT2D eigenvalue weighted by Crippen LogP contribution is 2.75. The number of hydrogen-bond donors (Lipinski definition) is 1. The van der Waals surface area contributed by atoms with Gasteiger partial charge in [0.1, 0.15) is 6.07 Å². The summed E-state index contributed by atoms with van der Waals surface area (Å²) in [6.45, 7) is 18.5. The van der Waals surface area contributed by atoms with E-state index in [1.807, 2.05) is 32.9 Å². The summed E-state index contributed by atoms with van der Waals surface area (Å²) in [6.07, 6.45) is 12.6. The molecule has 0 aromatic rings. The Morgan fingerprint density at radius 3 is 2.40 bits per heavy atom. The lowest BCUT2D eigenvalue weighted by molar-refractivity contribution is -0.173. The van der Waals surface area contributed by atoms with Crippen LogP contribution in [0, 0.1) is 61.6 Å². The quantitative estimate of drug-likeness (QED) is 0.338. The van der Waals surface area contributed by atoms with Crippen LogP contribution in [0.4, 0.5) is 4.79 Å². The number of allylic oxidation sites excluding steroid dienone is 4. The van der Waals surface area contributed by atoms with Gasteiger partial charge in [-0.1, -0.05) is 60.1 Å². The third-order valence-electron chi connectivity index (χ3n) is 13.4. The van der Waals surface area contributed by atoms with E-state index >= 15 is 0 Å². The number of carbonyl (C=O) groups excluding carboxylic acids is 3. The molecule has 0 aromatic carbocycles. The average molecular weight is 577 g/mol. The van der Waals surface area contributed by atoms with Crippen molar-refractivity contribution >= 4 is 17.7 Å². The van der Waals surface area contributed by atoms with Crippen LogP contribution in [0.15, 0.2) is 23.3 Å². The molecule has 5 rings (SSSR count). The van der Waals surface area contributed by atoms with Crippen LogP contribution in [0.5, 0.6) is 0 Å². The zero-order chi connectivity index (χ0) is 30.9. The largest absolute Gasteiger partial charge is 0.450 e. The Morgan fingerprint density at radius 2 is 1.74 bits per heavy atom. The number of rotatable bonds is 5. The first-order chi connectivity index (χ1) is 19.5. The lowest BCUT2D eigenvalue weighted by atomic mass is 9.34. The predicted octanol–water partition coefficient (Wildman–Crippen LogP) is 7.73. The first kappa shape index (κ1) is 31.0. The fourth-order valence-corrected chi connectivity index (χ4v) is 11.0. The Labute approximate surface area is 253 Å². The maximum Gasteiger partial charge on any atom is 0.407 e. The number of Topliss-reactive ketones (excluding diaryl/α,β-unsaturated/α-hetero) is 1. The standard InChI is InChI=1S/C36H52N2O4/c1-9-38-30(41)42-18-10-12-36-16-14-31(2,3)21-24(36)28-25(39)19-27-33(6)20-23(22-37)29(40)32(4,5)26(33)11-13-34(27,7)35(28,8)15-17-36/h19-20,24,26,28H,9-18,21H2,1-8H3,(H,38,41)/t24?,26?,28?,33-,34+,35+,36+/m0/s1. The molecule has 6 nitrogen and oxygen atoms in total. The zero-order valence-corrected chi connectivity index (χ0v) is 27.2. The van der Waals surface area contributed by atoms with Gasteiger partial charge in [-0.15, -0.1) is 0 Å². The number of alkyl carbamates (subject to hydrolysis) is 1. The number of nitrogens with one attached hydrogen (secondary N) is 1. The highest BCUT2D eigenvalue weighted by molar-refractivity contribution is 6.04. The fourth-order valence-electron chi connectivity index (χ4n) is 11.0. The van der Waals surface area contributed by atoms with Gasteiger partial charge in [0.25, 0.3) is 0 Å². The van der Waals surface area contributed by atoms with E-state index in [4.69, 9.17) is 4.74 Å². The lowest BCUT2D eigenvalue weighted by Gasteiger charge is -2.69. The molecular weight excluding hydrogens is 524 g/mol.